The van der Waals surface area contributed by atoms with Crippen molar-refractivity contribution >= 4 is 23.0 Å². The fourth-order valence-electron chi connectivity index (χ4n) is 2.13. The van der Waals surface area contributed by atoms with Gasteiger partial charge in [0.2, 0.25) is 0 Å². The Morgan fingerprint density at radius 1 is 1.16 bits per heavy atom. The van der Waals surface area contributed by atoms with Gasteiger partial charge in [-0.15, -0.1) is 0 Å². The highest BCUT2D eigenvalue weighted by molar-refractivity contribution is 6.30. The first-order valence-corrected chi connectivity index (χ1v) is 6.83. The summed E-state index contributed by atoms with van der Waals surface area (Å²) in [5, 5.41) is 0.680. The molecule has 0 amide bonds. The SMILES string of the molecule is CCN(Cc1ccc(Cl)cc1N)c1cccc(C)c1. The lowest BCUT2D eigenvalue weighted by Gasteiger charge is -2.24. The average molecular weight is 275 g/mol. The molecule has 0 radical (unpaired) electrons. The van der Waals surface area contributed by atoms with Gasteiger partial charge < -0.3 is 10.6 Å². The smallest absolute Gasteiger partial charge is 0.0449 e. The van der Waals surface area contributed by atoms with Gasteiger partial charge >= 0.3 is 0 Å². The van der Waals surface area contributed by atoms with Crippen molar-refractivity contribution in [3.8, 4) is 0 Å². The van der Waals surface area contributed by atoms with Crippen molar-refractivity contribution in [2.75, 3.05) is 17.2 Å². The first kappa shape index (κ1) is 13.8. The summed E-state index contributed by atoms with van der Waals surface area (Å²) in [7, 11) is 0. The van der Waals surface area contributed by atoms with Crippen molar-refractivity contribution in [2.24, 2.45) is 0 Å². The molecule has 0 bridgehead atoms. The van der Waals surface area contributed by atoms with Gasteiger partial charge in [-0.2, -0.15) is 0 Å². The van der Waals surface area contributed by atoms with Crippen molar-refractivity contribution in [1.82, 2.24) is 0 Å². The summed E-state index contributed by atoms with van der Waals surface area (Å²) in [6.07, 6.45) is 0. The van der Waals surface area contributed by atoms with Gasteiger partial charge in [0, 0.05) is 29.5 Å². The van der Waals surface area contributed by atoms with E-state index in [0.29, 0.717) is 5.02 Å². The highest BCUT2D eigenvalue weighted by Crippen LogP contribution is 2.23. The van der Waals surface area contributed by atoms with Crippen LogP contribution in [0.4, 0.5) is 11.4 Å². The van der Waals surface area contributed by atoms with Gasteiger partial charge in [0.15, 0.2) is 0 Å². The molecule has 0 aromatic heterocycles. The van der Waals surface area contributed by atoms with E-state index < -0.39 is 0 Å². The van der Waals surface area contributed by atoms with Crippen LogP contribution in [-0.4, -0.2) is 6.54 Å². The van der Waals surface area contributed by atoms with Crippen LogP contribution in [0, 0.1) is 6.92 Å². The fourth-order valence-corrected chi connectivity index (χ4v) is 2.31. The normalized spacial score (nSPS) is 10.5. The van der Waals surface area contributed by atoms with E-state index in [1.165, 1.54) is 11.3 Å². The summed E-state index contributed by atoms with van der Waals surface area (Å²) in [5.41, 5.74) is 10.4. The summed E-state index contributed by atoms with van der Waals surface area (Å²) in [6, 6.07) is 14.2. The van der Waals surface area contributed by atoms with Gasteiger partial charge in [-0.1, -0.05) is 29.8 Å². The van der Waals surface area contributed by atoms with Crippen molar-refractivity contribution in [3.05, 3.63) is 58.6 Å². The number of rotatable bonds is 4. The molecule has 0 atom stereocenters. The third-order valence-electron chi connectivity index (χ3n) is 3.22. The lowest BCUT2D eigenvalue weighted by Crippen LogP contribution is -2.22. The van der Waals surface area contributed by atoms with Gasteiger partial charge in [0.1, 0.15) is 0 Å². The maximum absolute atomic E-state index is 6.02. The minimum atomic E-state index is 0.680. The van der Waals surface area contributed by atoms with Gasteiger partial charge in [-0.05, 0) is 49.2 Å². The number of aryl methyl sites for hydroxylation is 1. The Morgan fingerprint density at radius 2 is 1.95 bits per heavy atom. The van der Waals surface area contributed by atoms with Crippen LogP contribution in [0.25, 0.3) is 0 Å². The third kappa shape index (κ3) is 3.42. The summed E-state index contributed by atoms with van der Waals surface area (Å²) in [6.45, 7) is 5.98. The molecule has 3 heteroatoms. The number of hydrogen-bond donors (Lipinski definition) is 1. The summed E-state index contributed by atoms with van der Waals surface area (Å²) in [5.74, 6) is 0. The first-order valence-electron chi connectivity index (χ1n) is 6.45. The zero-order valence-corrected chi connectivity index (χ0v) is 12.1. The Labute approximate surface area is 119 Å². The molecule has 0 aliphatic carbocycles. The molecule has 2 rings (SSSR count). The molecule has 0 unspecified atom stereocenters. The molecule has 0 heterocycles. The molecule has 0 spiro atoms. The van der Waals surface area contributed by atoms with Gasteiger partial charge in [-0.25, -0.2) is 0 Å². The molecule has 0 saturated heterocycles. The number of nitrogen functional groups attached to an aromatic ring is 1. The van der Waals surface area contributed by atoms with Crippen LogP contribution in [0.5, 0.6) is 0 Å². The van der Waals surface area contributed by atoms with Crippen LogP contribution in [0.3, 0.4) is 0 Å². The van der Waals surface area contributed by atoms with Crippen LogP contribution in [0.1, 0.15) is 18.1 Å². The summed E-state index contributed by atoms with van der Waals surface area (Å²) in [4.78, 5) is 2.30. The van der Waals surface area contributed by atoms with Crippen LogP contribution in [-0.2, 0) is 6.54 Å². The maximum Gasteiger partial charge on any atom is 0.0449 e. The zero-order valence-electron chi connectivity index (χ0n) is 11.4. The molecule has 0 aliphatic heterocycles. The number of hydrogen-bond acceptors (Lipinski definition) is 2. The van der Waals surface area contributed by atoms with E-state index in [-0.39, 0.29) is 0 Å². The number of halogens is 1. The Bertz CT molecular complexity index is 566. The lowest BCUT2D eigenvalue weighted by molar-refractivity contribution is 0.833. The molecule has 0 fully saturated rings. The molecule has 0 saturated carbocycles. The number of benzene rings is 2. The zero-order chi connectivity index (χ0) is 13.8. The van der Waals surface area contributed by atoms with Crippen molar-refractivity contribution in [1.29, 1.82) is 0 Å². The third-order valence-corrected chi connectivity index (χ3v) is 3.45. The second kappa shape index (κ2) is 5.98. The molecule has 2 aromatic carbocycles. The highest BCUT2D eigenvalue weighted by Gasteiger charge is 2.08. The quantitative estimate of drug-likeness (QED) is 0.844. The second-order valence-electron chi connectivity index (χ2n) is 4.70. The standard InChI is InChI=1S/C16H19ClN2/c1-3-19(15-6-4-5-12(2)9-15)11-13-7-8-14(17)10-16(13)18/h4-10H,3,11,18H2,1-2H3. The predicted octanol–water partition coefficient (Wildman–Crippen LogP) is 4.26. The Kier molecular flexibility index (Phi) is 4.33. The molecule has 0 aliphatic rings. The number of anilines is 2. The summed E-state index contributed by atoms with van der Waals surface area (Å²) < 4.78 is 0. The highest BCUT2D eigenvalue weighted by atomic mass is 35.5. The van der Waals surface area contributed by atoms with Gasteiger partial charge in [-0.3, -0.25) is 0 Å². The van der Waals surface area contributed by atoms with E-state index in [1.807, 2.05) is 12.1 Å². The predicted molar refractivity (Wildman–Crippen MR) is 83.8 cm³/mol. The van der Waals surface area contributed by atoms with Crippen molar-refractivity contribution in [2.45, 2.75) is 20.4 Å². The molecule has 100 valence electrons. The van der Waals surface area contributed by atoms with Gasteiger partial charge in [0.05, 0.1) is 0 Å². The van der Waals surface area contributed by atoms with Crippen molar-refractivity contribution in [3.63, 3.8) is 0 Å². The van der Waals surface area contributed by atoms with E-state index >= 15 is 0 Å². The maximum atomic E-state index is 6.02. The molecule has 2 N–H and O–H groups in total. The van der Waals surface area contributed by atoms with Gasteiger partial charge in [0.25, 0.3) is 0 Å². The van der Waals surface area contributed by atoms with E-state index in [9.17, 15) is 0 Å². The fraction of sp³-hybridized carbons (Fsp3) is 0.250. The van der Waals surface area contributed by atoms with E-state index in [1.54, 1.807) is 6.07 Å². The largest absolute Gasteiger partial charge is 0.398 e. The first-order chi connectivity index (χ1) is 9.10. The molecule has 19 heavy (non-hydrogen) atoms. The van der Waals surface area contributed by atoms with Crippen LogP contribution >= 0.6 is 11.6 Å². The van der Waals surface area contributed by atoms with Crippen LogP contribution in [0.2, 0.25) is 5.02 Å². The number of nitrogens with two attached hydrogens (primary N) is 1. The second-order valence-corrected chi connectivity index (χ2v) is 5.13. The Balaban J connectivity index is 2.24. The average Bonchev–Trinajstić information content (AvgIpc) is 2.38. The van der Waals surface area contributed by atoms with Crippen molar-refractivity contribution < 1.29 is 0 Å². The van der Waals surface area contributed by atoms with Crippen LogP contribution in [0.15, 0.2) is 42.5 Å². The molecule has 2 nitrogen and oxygen atoms in total. The minimum absolute atomic E-state index is 0.680. The van der Waals surface area contributed by atoms with Crippen LogP contribution < -0.4 is 10.6 Å². The molecular formula is C16H19ClN2. The number of nitrogens with zero attached hydrogens (tertiary/aromatic N) is 1. The lowest BCUT2D eigenvalue weighted by atomic mass is 10.1. The van der Waals surface area contributed by atoms with E-state index in [4.69, 9.17) is 17.3 Å². The minimum Gasteiger partial charge on any atom is -0.398 e. The topological polar surface area (TPSA) is 29.3 Å². The summed E-state index contributed by atoms with van der Waals surface area (Å²) >= 11 is 5.93. The van der Waals surface area contributed by atoms with E-state index in [2.05, 4.69) is 43.0 Å². The molecular weight excluding hydrogens is 256 g/mol. The monoisotopic (exact) mass is 274 g/mol. The Morgan fingerprint density at radius 3 is 2.58 bits per heavy atom. The molecule has 2 aromatic rings. The van der Waals surface area contributed by atoms with E-state index in [0.717, 1.165) is 24.3 Å². The Hall–Kier alpha value is -1.67.